The SMILES string of the molecule is CCOc1ccccc1C1C(C(=O)OC)=CN(C(C)C)C=C1C(=O)OC. The first-order chi connectivity index (χ1) is 12.4. The highest BCUT2D eigenvalue weighted by atomic mass is 16.5. The number of rotatable bonds is 6. The number of para-hydroxylation sites is 1. The molecule has 1 aromatic rings. The van der Waals surface area contributed by atoms with Crippen molar-refractivity contribution < 1.29 is 23.8 Å². The van der Waals surface area contributed by atoms with E-state index < -0.39 is 17.9 Å². The molecule has 0 bridgehead atoms. The molecule has 0 amide bonds. The Kier molecular flexibility index (Phi) is 6.44. The summed E-state index contributed by atoms with van der Waals surface area (Å²) in [6.07, 6.45) is 3.44. The summed E-state index contributed by atoms with van der Waals surface area (Å²) in [6, 6.07) is 7.40. The lowest BCUT2D eigenvalue weighted by Crippen LogP contribution is -2.31. The van der Waals surface area contributed by atoms with Crippen molar-refractivity contribution in [1.82, 2.24) is 4.90 Å². The summed E-state index contributed by atoms with van der Waals surface area (Å²) in [5.74, 6) is -1.02. The second-order valence-electron chi connectivity index (χ2n) is 6.10. The lowest BCUT2D eigenvalue weighted by Gasteiger charge is -2.32. The zero-order valence-electron chi connectivity index (χ0n) is 15.8. The molecule has 0 saturated heterocycles. The van der Waals surface area contributed by atoms with E-state index in [1.54, 1.807) is 17.3 Å². The number of hydrogen-bond acceptors (Lipinski definition) is 6. The topological polar surface area (TPSA) is 65.1 Å². The van der Waals surface area contributed by atoms with Crippen LogP contribution in [0.25, 0.3) is 0 Å². The van der Waals surface area contributed by atoms with Crippen LogP contribution >= 0.6 is 0 Å². The van der Waals surface area contributed by atoms with Gasteiger partial charge in [0.25, 0.3) is 0 Å². The molecule has 1 heterocycles. The molecule has 140 valence electrons. The fourth-order valence-corrected chi connectivity index (χ4v) is 2.89. The van der Waals surface area contributed by atoms with Crippen molar-refractivity contribution in [2.45, 2.75) is 32.7 Å². The molecule has 6 nitrogen and oxygen atoms in total. The first-order valence-electron chi connectivity index (χ1n) is 8.53. The van der Waals surface area contributed by atoms with E-state index in [1.807, 2.05) is 45.0 Å². The predicted octanol–water partition coefficient (Wildman–Crippen LogP) is 3.01. The molecular formula is C20H25NO5. The first-order valence-corrected chi connectivity index (χ1v) is 8.53. The molecule has 1 aliphatic rings. The van der Waals surface area contributed by atoms with Gasteiger partial charge in [0, 0.05) is 24.0 Å². The first kappa shape index (κ1) is 19.6. The minimum Gasteiger partial charge on any atom is -0.494 e. The van der Waals surface area contributed by atoms with Crippen LogP contribution in [0.2, 0.25) is 0 Å². The highest BCUT2D eigenvalue weighted by Gasteiger charge is 2.37. The maximum Gasteiger partial charge on any atom is 0.336 e. The summed E-state index contributed by atoms with van der Waals surface area (Å²) in [5, 5.41) is 0. The maximum absolute atomic E-state index is 12.5. The second-order valence-corrected chi connectivity index (χ2v) is 6.10. The van der Waals surface area contributed by atoms with Gasteiger partial charge >= 0.3 is 11.9 Å². The van der Waals surface area contributed by atoms with Crippen molar-refractivity contribution in [3.05, 3.63) is 53.4 Å². The summed E-state index contributed by atoms with van der Waals surface area (Å²) >= 11 is 0. The van der Waals surface area contributed by atoms with Gasteiger partial charge in [0.15, 0.2) is 0 Å². The van der Waals surface area contributed by atoms with E-state index in [1.165, 1.54) is 14.2 Å². The number of esters is 2. The molecule has 0 fully saturated rings. The Labute approximate surface area is 154 Å². The number of methoxy groups -OCH3 is 2. The van der Waals surface area contributed by atoms with Crippen molar-refractivity contribution in [2.24, 2.45) is 0 Å². The monoisotopic (exact) mass is 359 g/mol. The minimum atomic E-state index is -0.632. The lowest BCUT2D eigenvalue weighted by atomic mass is 9.82. The van der Waals surface area contributed by atoms with Crippen LogP contribution in [0.1, 0.15) is 32.3 Å². The molecule has 2 rings (SSSR count). The third kappa shape index (κ3) is 3.90. The Morgan fingerprint density at radius 2 is 1.58 bits per heavy atom. The van der Waals surface area contributed by atoms with Crippen LogP contribution in [-0.2, 0) is 19.1 Å². The zero-order valence-corrected chi connectivity index (χ0v) is 15.8. The van der Waals surface area contributed by atoms with E-state index in [2.05, 4.69) is 0 Å². The van der Waals surface area contributed by atoms with Gasteiger partial charge in [0.2, 0.25) is 0 Å². The normalized spacial score (nSPS) is 14.6. The van der Waals surface area contributed by atoms with Crippen LogP contribution in [0, 0.1) is 0 Å². The molecule has 6 heteroatoms. The summed E-state index contributed by atoms with van der Waals surface area (Å²) in [6.45, 7) is 6.28. The average molecular weight is 359 g/mol. The zero-order chi connectivity index (χ0) is 19.3. The molecule has 0 spiro atoms. The van der Waals surface area contributed by atoms with E-state index >= 15 is 0 Å². The molecule has 1 aromatic carbocycles. The smallest absolute Gasteiger partial charge is 0.336 e. The van der Waals surface area contributed by atoms with Gasteiger partial charge in [-0.25, -0.2) is 9.59 Å². The Hall–Kier alpha value is -2.76. The quantitative estimate of drug-likeness (QED) is 0.728. The minimum absolute atomic E-state index is 0.0531. The third-order valence-corrected chi connectivity index (χ3v) is 4.17. The Morgan fingerprint density at radius 3 is 2.04 bits per heavy atom. The van der Waals surface area contributed by atoms with Gasteiger partial charge in [-0.3, -0.25) is 0 Å². The number of carbonyl (C=O) groups is 2. The molecule has 0 radical (unpaired) electrons. The third-order valence-electron chi connectivity index (χ3n) is 4.17. The standard InChI is InChI=1S/C20H25NO5/c1-6-26-17-10-8-7-9-14(17)18-15(19(22)24-4)11-21(13(2)3)12-16(18)20(23)25-5/h7-13,18H,6H2,1-5H3. The van der Waals surface area contributed by atoms with E-state index in [0.29, 0.717) is 29.1 Å². The summed E-state index contributed by atoms with van der Waals surface area (Å²) in [7, 11) is 2.65. The van der Waals surface area contributed by atoms with Gasteiger partial charge in [-0.05, 0) is 26.8 Å². The molecule has 0 unspecified atom stereocenters. The van der Waals surface area contributed by atoms with Gasteiger partial charge in [-0.1, -0.05) is 18.2 Å². The van der Waals surface area contributed by atoms with Crippen molar-refractivity contribution >= 4 is 11.9 Å². The van der Waals surface area contributed by atoms with E-state index in [0.717, 1.165) is 0 Å². The van der Waals surface area contributed by atoms with E-state index in [-0.39, 0.29) is 6.04 Å². The molecule has 0 aromatic heterocycles. The Balaban J connectivity index is 2.67. The number of nitrogens with zero attached hydrogens (tertiary/aromatic N) is 1. The fourth-order valence-electron chi connectivity index (χ4n) is 2.89. The molecule has 0 N–H and O–H groups in total. The molecule has 0 saturated carbocycles. The van der Waals surface area contributed by atoms with Gasteiger partial charge < -0.3 is 19.1 Å². The summed E-state index contributed by atoms with van der Waals surface area (Å²) in [5.41, 5.74) is 1.43. The molecular weight excluding hydrogens is 334 g/mol. The Bertz CT molecular complexity index is 701. The van der Waals surface area contributed by atoms with Crippen LogP contribution in [0.5, 0.6) is 5.75 Å². The van der Waals surface area contributed by atoms with Gasteiger partial charge in [0.1, 0.15) is 5.75 Å². The van der Waals surface area contributed by atoms with E-state index in [4.69, 9.17) is 14.2 Å². The largest absolute Gasteiger partial charge is 0.494 e. The lowest BCUT2D eigenvalue weighted by molar-refractivity contribution is -0.137. The van der Waals surface area contributed by atoms with Crippen LogP contribution in [0.15, 0.2) is 47.8 Å². The maximum atomic E-state index is 12.5. The number of benzene rings is 1. The van der Waals surface area contributed by atoms with Gasteiger partial charge in [-0.2, -0.15) is 0 Å². The Morgan fingerprint density at radius 1 is 1.04 bits per heavy atom. The highest BCUT2D eigenvalue weighted by molar-refractivity contribution is 5.98. The van der Waals surface area contributed by atoms with Crippen molar-refractivity contribution in [2.75, 3.05) is 20.8 Å². The molecule has 26 heavy (non-hydrogen) atoms. The van der Waals surface area contributed by atoms with Gasteiger partial charge in [0.05, 0.1) is 37.9 Å². The van der Waals surface area contributed by atoms with Crippen LogP contribution < -0.4 is 4.74 Å². The fraction of sp³-hybridized carbons (Fsp3) is 0.400. The van der Waals surface area contributed by atoms with Gasteiger partial charge in [-0.15, -0.1) is 0 Å². The van der Waals surface area contributed by atoms with Crippen LogP contribution in [0.4, 0.5) is 0 Å². The van der Waals surface area contributed by atoms with Crippen LogP contribution in [0.3, 0.4) is 0 Å². The van der Waals surface area contributed by atoms with Crippen molar-refractivity contribution in [3.8, 4) is 5.75 Å². The second kappa shape index (κ2) is 8.56. The molecule has 0 aliphatic carbocycles. The number of hydrogen-bond donors (Lipinski definition) is 0. The predicted molar refractivity (Wildman–Crippen MR) is 97.5 cm³/mol. The highest BCUT2D eigenvalue weighted by Crippen LogP contribution is 2.41. The number of carbonyl (C=O) groups excluding carboxylic acids is 2. The summed E-state index contributed by atoms with van der Waals surface area (Å²) in [4.78, 5) is 26.8. The molecule has 0 atom stereocenters. The average Bonchev–Trinajstić information content (AvgIpc) is 2.66. The van der Waals surface area contributed by atoms with Crippen LogP contribution in [-0.4, -0.2) is 43.7 Å². The van der Waals surface area contributed by atoms with Crippen molar-refractivity contribution in [1.29, 1.82) is 0 Å². The van der Waals surface area contributed by atoms with Crippen molar-refractivity contribution in [3.63, 3.8) is 0 Å². The number of ether oxygens (including phenoxy) is 3. The summed E-state index contributed by atoms with van der Waals surface area (Å²) < 4.78 is 15.7. The molecule has 1 aliphatic heterocycles. The van der Waals surface area contributed by atoms with E-state index in [9.17, 15) is 9.59 Å².